The second-order valence-electron chi connectivity index (χ2n) is 4.18. The van der Waals surface area contributed by atoms with Gasteiger partial charge in [-0.15, -0.1) is 11.3 Å². The zero-order chi connectivity index (χ0) is 15.1. The molecule has 21 heavy (non-hydrogen) atoms. The molecule has 2 N–H and O–H groups in total. The van der Waals surface area contributed by atoms with Crippen LogP contribution in [0.2, 0.25) is 0 Å². The Morgan fingerprint density at radius 2 is 2.19 bits per heavy atom. The number of hydrogen-bond acceptors (Lipinski definition) is 5. The number of urea groups is 1. The molecule has 0 bridgehead atoms. The molecular weight excluding hydrogens is 290 g/mol. The quantitative estimate of drug-likeness (QED) is 0.805. The molecule has 0 aliphatic heterocycles. The Labute approximate surface area is 127 Å². The van der Waals surface area contributed by atoms with Gasteiger partial charge >= 0.3 is 6.03 Å². The summed E-state index contributed by atoms with van der Waals surface area (Å²) >= 11 is 1.43. The van der Waals surface area contributed by atoms with E-state index in [4.69, 9.17) is 9.47 Å². The minimum absolute atomic E-state index is 0.293. The van der Waals surface area contributed by atoms with Gasteiger partial charge in [0.1, 0.15) is 18.1 Å². The molecule has 1 aromatic carbocycles. The molecule has 0 saturated heterocycles. The van der Waals surface area contributed by atoms with Crippen molar-refractivity contribution in [2.75, 3.05) is 25.6 Å². The number of amides is 2. The molecule has 2 amide bonds. The molecule has 0 unspecified atom stereocenters. The predicted molar refractivity (Wildman–Crippen MR) is 82.4 cm³/mol. The third-order valence-electron chi connectivity index (χ3n) is 2.54. The lowest BCUT2D eigenvalue weighted by Gasteiger charge is -2.08. The second kappa shape index (κ2) is 7.49. The lowest BCUT2D eigenvalue weighted by atomic mass is 10.3. The summed E-state index contributed by atoms with van der Waals surface area (Å²) in [5.41, 5.74) is 0. The van der Waals surface area contributed by atoms with Crippen LogP contribution < -0.4 is 20.1 Å². The Morgan fingerprint density at radius 1 is 1.38 bits per heavy atom. The summed E-state index contributed by atoms with van der Waals surface area (Å²) in [6, 6.07) is 7.02. The van der Waals surface area contributed by atoms with Gasteiger partial charge in [0, 0.05) is 17.1 Å². The van der Waals surface area contributed by atoms with Crippen molar-refractivity contribution in [2.45, 2.75) is 6.92 Å². The molecule has 0 fully saturated rings. The first-order valence-electron chi connectivity index (χ1n) is 6.41. The molecule has 0 saturated carbocycles. The van der Waals surface area contributed by atoms with Gasteiger partial charge in [-0.25, -0.2) is 9.78 Å². The van der Waals surface area contributed by atoms with Gasteiger partial charge in [0.25, 0.3) is 0 Å². The van der Waals surface area contributed by atoms with E-state index in [2.05, 4.69) is 15.6 Å². The number of aryl methyl sites for hydroxylation is 1. The van der Waals surface area contributed by atoms with Gasteiger partial charge in [-0.3, -0.25) is 5.32 Å². The van der Waals surface area contributed by atoms with Gasteiger partial charge in [0.05, 0.1) is 13.7 Å². The minimum atomic E-state index is -0.293. The number of carbonyl (C=O) groups is 1. The number of anilines is 1. The Hall–Kier alpha value is -2.28. The standard InChI is InChI=1S/C14H17N3O3S/c1-10-9-16-14(21-10)17-13(18)15-6-7-20-12-5-3-4-11(8-12)19-2/h3-5,8-9H,6-7H2,1-2H3,(H2,15,16,17,18). The van der Waals surface area contributed by atoms with Gasteiger partial charge in [-0.05, 0) is 19.1 Å². The fraction of sp³-hybridized carbons (Fsp3) is 0.286. The van der Waals surface area contributed by atoms with Crippen LogP contribution in [0.5, 0.6) is 11.5 Å². The van der Waals surface area contributed by atoms with Crippen LogP contribution in [0.25, 0.3) is 0 Å². The van der Waals surface area contributed by atoms with Crippen LogP contribution in [0, 0.1) is 6.92 Å². The smallest absolute Gasteiger partial charge is 0.321 e. The SMILES string of the molecule is COc1cccc(OCCNC(=O)Nc2ncc(C)s2)c1. The lowest BCUT2D eigenvalue weighted by molar-refractivity contribution is 0.247. The number of ether oxygens (including phenoxy) is 2. The Bertz CT molecular complexity index is 601. The summed E-state index contributed by atoms with van der Waals surface area (Å²) in [5, 5.41) is 5.94. The van der Waals surface area contributed by atoms with Crippen LogP contribution in [-0.2, 0) is 0 Å². The molecule has 1 aromatic heterocycles. The van der Waals surface area contributed by atoms with Crippen molar-refractivity contribution in [1.29, 1.82) is 0 Å². The molecule has 1 heterocycles. The lowest BCUT2D eigenvalue weighted by Crippen LogP contribution is -2.32. The predicted octanol–water partition coefficient (Wildman–Crippen LogP) is 2.66. The summed E-state index contributed by atoms with van der Waals surface area (Å²) in [4.78, 5) is 16.7. The van der Waals surface area contributed by atoms with Crippen LogP contribution in [0.15, 0.2) is 30.5 Å². The van der Waals surface area contributed by atoms with Gasteiger partial charge < -0.3 is 14.8 Å². The average Bonchev–Trinajstić information content (AvgIpc) is 2.89. The number of benzene rings is 1. The first-order valence-corrected chi connectivity index (χ1v) is 7.23. The van der Waals surface area contributed by atoms with E-state index < -0.39 is 0 Å². The van der Waals surface area contributed by atoms with Crippen molar-refractivity contribution in [1.82, 2.24) is 10.3 Å². The van der Waals surface area contributed by atoms with E-state index in [1.165, 1.54) is 11.3 Å². The van der Waals surface area contributed by atoms with Crippen molar-refractivity contribution in [3.05, 3.63) is 35.3 Å². The van der Waals surface area contributed by atoms with E-state index in [1.54, 1.807) is 19.4 Å². The number of carbonyl (C=O) groups excluding carboxylic acids is 1. The maximum atomic E-state index is 11.6. The first kappa shape index (κ1) is 15.1. The number of nitrogens with zero attached hydrogens (tertiary/aromatic N) is 1. The van der Waals surface area contributed by atoms with Crippen molar-refractivity contribution in [3.63, 3.8) is 0 Å². The first-order chi connectivity index (χ1) is 10.2. The molecule has 7 heteroatoms. The van der Waals surface area contributed by atoms with Crippen LogP contribution in [0.4, 0.5) is 9.93 Å². The molecule has 112 valence electrons. The summed E-state index contributed by atoms with van der Waals surface area (Å²) in [5.74, 6) is 1.43. The maximum Gasteiger partial charge on any atom is 0.321 e. The molecule has 0 aliphatic rings. The molecule has 2 aromatic rings. The van der Waals surface area contributed by atoms with Crippen LogP contribution >= 0.6 is 11.3 Å². The highest BCUT2D eigenvalue weighted by atomic mass is 32.1. The molecule has 0 spiro atoms. The average molecular weight is 307 g/mol. The fourth-order valence-electron chi connectivity index (χ4n) is 1.58. The number of aromatic nitrogens is 1. The van der Waals surface area contributed by atoms with Gasteiger partial charge in [0.15, 0.2) is 5.13 Å². The number of nitrogens with one attached hydrogen (secondary N) is 2. The van der Waals surface area contributed by atoms with Crippen molar-refractivity contribution in [3.8, 4) is 11.5 Å². The highest BCUT2D eigenvalue weighted by Crippen LogP contribution is 2.18. The monoisotopic (exact) mass is 307 g/mol. The van der Waals surface area contributed by atoms with E-state index in [9.17, 15) is 4.79 Å². The van der Waals surface area contributed by atoms with Gasteiger partial charge in [-0.2, -0.15) is 0 Å². The van der Waals surface area contributed by atoms with Gasteiger partial charge in [0.2, 0.25) is 0 Å². The maximum absolute atomic E-state index is 11.6. The summed E-state index contributed by atoms with van der Waals surface area (Å²) in [7, 11) is 1.60. The third-order valence-corrected chi connectivity index (χ3v) is 3.37. The zero-order valence-electron chi connectivity index (χ0n) is 11.9. The van der Waals surface area contributed by atoms with E-state index in [-0.39, 0.29) is 6.03 Å². The Morgan fingerprint density at radius 3 is 2.90 bits per heavy atom. The number of hydrogen-bond donors (Lipinski definition) is 2. The molecular formula is C14H17N3O3S. The Kier molecular flexibility index (Phi) is 5.39. The number of rotatable bonds is 6. The second-order valence-corrected chi connectivity index (χ2v) is 5.42. The molecule has 6 nitrogen and oxygen atoms in total. The number of thiazole rings is 1. The fourth-order valence-corrected chi connectivity index (χ4v) is 2.24. The van der Waals surface area contributed by atoms with E-state index in [1.807, 2.05) is 25.1 Å². The molecule has 0 aliphatic carbocycles. The van der Waals surface area contributed by atoms with Crippen molar-refractivity contribution < 1.29 is 14.3 Å². The van der Waals surface area contributed by atoms with E-state index in [0.717, 1.165) is 10.6 Å². The highest BCUT2D eigenvalue weighted by Gasteiger charge is 2.04. The normalized spacial score (nSPS) is 10.0. The molecule has 0 radical (unpaired) electrons. The topological polar surface area (TPSA) is 72.5 Å². The van der Waals surface area contributed by atoms with Crippen molar-refractivity contribution >= 4 is 22.5 Å². The van der Waals surface area contributed by atoms with Crippen LogP contribution in [0.1, 0.15) is 4.88 Å². The summed E-state index contributed by atoms with van der Waals surface area (Å²) in [6.07, 6.45) is 1.71. The van der Waals surface area contributed by atoms with Crippen LogP contribution in [0.3, 0.4) is 0 Å². The minimum Gasteiger partial charge on any atom is -0.497 e. The van der Waals surface area contributed by atoms with E-state index >= 15 is 0 Å². The summed E-state index contributed by atoms with van der Waals surface area (Å²) < 4.78 is 10.6. The van der Waals surface area contributed by atoms with E-state index in [0.29, 0.717) is 24.0 Å². The highest BCUT2D eigenvalue weighted by molar-refractivity contribution is 7.15. The third kappa shape index (κ3) is 4.96. The molecule has 0 atom stereocenters. The van der Waals surface area contributed by atoms with Crippen molar-refractivity contribution in [2.24, 2.45) is 0 Å². The summed E-state index contributed by atoms with van der Waals surface area (Å²) in [6.45, 7) is 2.70. The zero-order valence-corrected chi connectivity index (χ0v) is 12.7. The Balaban J connectivity index is 1.68. The largest absolute Gasteiger partial charge is 0.497 e. The number of methoxy groups -OCH3 is 1. The molecule has 2 rings (SSSR count). The van der Waals surface area contributed by atoms with Crippen LogP contribution in [-0.4, -0.2) is 31.3 Å². The van der Waals surface area contributed by atoms with Gasteiger partial charge in [-0.1, -0.05) is 6.07 Å².